The molecule has 0 amide bonds. The van der Waals surface area contributed by atoms with Crippen LogP contribution in [0.25, 0.3) is 11.3 Å². The summed E-state index contributed by atoms with van der Waals surface area (Å²) >= 11 is 12.1. The molecular formula is C19H15Cl2N7O. The molecule has 0 unspecified atom stereocenters. The van der Waals surface area contributed by atoms with Gasteiger partial charge in [-0.05, 0) is 53.5 Å². The second-order valence-corrected chi connectivity index (χ2v) is 7.16. The van der Waals surface area contributed by atoms with E-state index in [-0.39, 0.29) is 11.3 Å². The number of nitrogens with one attached hydrogen (secondary N) is 2. The zero-order valence-electron chi connectivity index (χ0n) is 15.4. The molecule has 0 spiro atoms. The van der Waals surface area contributed by atoms with Crippen LogP contribution in [0.5, 0.6) is 0 Å². The average Bonchev–Trinajstić information content (AvgIpc) is 3.13. The maximum atomic E-state index is 6.17. The van der Waals surface area contributed by atoms with Gasteiger partial charge < -0.3 is 5.32 Å². The fourth-order valence-corrected chi connectivity index (χ4v) is 3.03. The van der Waals surface area contributed by atoms with Gasteiger partial charge in [0.1, 0.15) is 0 Å². The van der Waals surface area contributed by atoms with Crippen LogP contribution in [0, 0.1) is 13.8 Å². The topological polar surface area (TPSA) is 101 Å². The predicted octanol–water partition coefficient (Wildman–Crippen LogP) is 5.13. The number of hydrogen-bond acceptors (Lipinski definition) is 8. The lowest BCUT2D eigenvalue weighted by atomic mass is 10.1. The number of rotatable bonds is 5. The smallest absolute Gasteiger partial charge is 0.245 e. The number of nitrogens with zero attached hydrogens (tertiary/aromatic N) is 5. The van der Waals surface area contributed by atoms with E-state index in [2.05, 4.69) is 36.1 Å². The summed E-state index contributed by atoms with van der Waals surface area (Å²) in [7, 11) is 0. The molecule has 0 saturated heterocycles. The Morgan fingerprint density at radius 2 is 1.72 bits per heavy atom. The minimum atomic E-state index is 0.263. The predicted molar refractivity (Wildman–Crippen MR) is 114 cm³/mol. The summed E-state index contributed by atoms with van der Waals surface area (Å²) in [5, 5.41) is 16.0. The van der Waals surface area contributed by atoms with Gasteiger partial charge in [-0.15, -0.1) is 0 Å². The summed E-state index contributed by atoms with van der Waals surface area (Å²) in [5.74, 6) is 0.789. The van der Waals surface area contributed by atoms with Crippen molar-refractivity contribution in [3.8, 4) is 0 Å². The molecule has 29 heavy (non-hydrogen) atoms. The molecule has 0 atom stereocenters. The van der Waals surface area contributed by atoms with Crippen LogP contribution >= 0.6 is 23.2 Å². The third-order valence-corrected chi connectivity index (χ3v) is 4.66. The third-order valence-electron chi connectivity index (χ3n) is 4.10. The molecule has 0 radical (unpaired) electrons. The summed E-state index contributed by atoms with van der Waals surface area (Å²) in [6.07, 6.45) is 1.56. The molecule has 4 rings (SSSR count). The van der Waals surface area contributed by atoms with Crippen molar-refractivity contribution in [3.05, 3.63) is 63.1 Å². The Labute approximate surface area is 175 Å². The first kappa shape index (κ1) is 19.1. The van der Waals surface area contributed by atoms with E-state index < -0.39 is 0 Å². The molecule has 2 heterocycles. The van der Waals surface area contributed by atoms with Crippen LogP contribution in [0.2, 0.25) is 10.0 Å². The fourth-order valence-electron chi connectivity index (χ4n) is 2.57. The van der Waals surface area contributed by atoms with Gasteiger partial charge in [0.15, 0.2) is 11.6 Å². The lowest BCUT2D eigenvalue weighted by Crippen LogP contribution is -2.04. The summed E-state index contributed by atoms with van der Waals surface area (Å²) in [4.78, 5) is 8.82. The van der Waals surface area contributed by atoms with Gasteiger partial charge >= 0.3 is 0 Å². The van der Waals surface area contributed by atoms with E-state index in [0.717, 1.165) is 16.8 Å². The van der Waals surface area contributed by atoms with Crippen molar-refractivity contribution in [1.82, 2.24) is 20.3 Å². The molecule has 10 heteroatoms. The van der Waals surface area contributed by atoms with Gasteiger partial charge in [-0.25, -0.2) is 9.61 Å². The van der Waals surface area contributed by atoms with Crippen LogP contribution in [0.3, 0.4) is 0 Å². The van der Waals surface area contributed by atoms with Crippen LogP contribution in [-0.2, 0) is 0 Å². The maximum absolute atomic E-state index is 6.17. The van der Waals surface area contributed by atoms with Crippen LogP contribution in [-0.4, -0.2) is 26.5 Å². The molecular weight excluding hydrogens is 413 g/mol. The molecule has 0 fully saturated rings. The Balaban J connectivity index is 1.66. The van der Waals surface area contributed by atoms with Gasteiger partial charge in [0, 0.05) is 16.3 Å². The van der Waals surface area contributed by atoms with Crippen molar-refractivity contribution in [2.45, 2.75) is 13.8 Å². The van der Waals surface area contributed by atoms with Crippen molar-refractivity contribution in [1.29, 1.82) is 0 Å². The van der Waals surface area contributed by atoms with E-state index in [1.807, 2.05) is 32.0 Å². The number of fused-ring (bicyclic) bond motifs is 1. The molecule has 8 nitrogen and oxygen atoms in total. The molecule has 0 aliphatic rings. The summed E-state index contributed by atoms with van der Waals surface area (Å²) < 4.78 is 4.72. The number of hydrazone groups is 1. The molecule has 0 aliphatic carbocycles. The van der Waals surface area contributed by atoms with Crippen molar-refractivity contribution < 1.29 is 4.63 Å². The second kappa shape index (κ2) is 8.02. The van der Waals surface area contributed by atoms with Crippen LogP contribution in [0.1, 0.15) is 16.7 Å². The Morgan fingerprint density at radius 1 is 0.966 bits per heavy atom. The highest BCUT2D eigenvalue weighted by molar-refractivity contribution is 6.36. The van der Waals surface area contributed by atoms with E-state index >= 15 is 0 Å². The SMILES string of the molecule is Cc1ccc(C)c(Nc2nc3nonc3nc2N/N=C/c2ccc(Cl)cc2Cl)c1. The number of aromatic nitrogens is 4. The zero-order valence-corrected chi connectivity index (χ0v) is 17.0. The quantitative estimate of drug-likeness (QED) is 0.336. The van der Waals surface area contributed by atoms with E-state index in [0.29, 0.717) is 27.2 Å². The van der Waals surface area contributed by atoms with Crippen molar-refractivity contribution in [2.75, 3.05) is 10.7 Å². The maximum Gasteiger partial charge on any atom is 0.245 e. The van der Waals surface area contributed by atoms with E-state index in [1.165, 1.54) is 0 Å². The van der Waals surface area contributed by atoms with Gasteiger partial charge in [0.25, 0.3) is 0 Å². The highest BCUT2D eigenvalue weighted by Gasteiger charge is 2.13. The van der Waals surface area contributed by atoms with Crippen molar-refractivity contribution in [3.63, 3.8) is 0 Å². The number of hydrogen-bond donors (Lipinski definition) is 2. The summed E-state index contributed by atoms with van der Waals surface area (Å²) in [6.45, 7) is 4.01. The van der Waals surface area contributed by atoms with Gasteiger partial charge in [-0.2, -0.15) is 10.1 Å². The van der Waals surface area contributed by atoms with Crippen LogP contribution in [0.4, 0.5) is 17.3 Å². The molecule has 146 valence electrons. The Kier molecular flexibility index (Phi) is 5.28. The molecule has 4 aromatic rings. The summed E-state index contributed by atoms with van der Waals surface area (Å²) in [6, 6.07) is 11.2. The van der Waals surface area contributed by atoms with E-state index in [4.69, 9.17) is 27.8 Å². The Morgan fingerprint density at radius 3 is 2.48 bits per heavy atom. The van der Waals surface area contributed by atoms with E-state index in [9.17, 15) is 0 Å². The third kappa shape index (κ3) is 4.28. The van der Waals surface area contributed by atoms with Crippen molar-refractivity contribution in [2.24, 2.45) is 5.10 Å². The Hall–Kier alpha value is -3.23. The lowest BCUT2D eigenvalue weighted by Gasteiger charge is -2.12. The minimum absolute atomic E-state index is 0.263. The molecule has 2 aromatic heterocycles. The number of anilines is 3. The highest BCUT2D eigenvalue weighted by atomic mass is 35.5. The van der Waals surface area contributed by atoms with Gasteiger partial charge in [0.2, 0.25) is 11.3 Å². The number of aryl methyl sites for hydroxylation is 2. The first-order valence-electron chi connectivity index (χ1n) is 8.58. The van der Waals surface area contributed by atoms with Crippen LogP contribution < -0.4 is 10.7 Å². The first-order valence-corrected chi connectivity index (χ1v) is 9.34. The average molecular weight is 428 g/mol. The largest absolute Gasteiger partial charge is 0.337 e. The number of benzene rings is 2. The van der Waals surface area contributed by atoms with Gasteiger partial charge in [0.05, 0.1) is 11.2 Å². The van der Waals surface area contributed by atoms with E-state index in [1.54, 1.807) is 24.4 Å². The van der Waals surface area contributed by atoms with Gasteiger partial charge in [-0.1, -0.05) is 41.4 Å². The minimum Gasteiger partial charge on any atom is -0.337 e. The van der Waals surface area contributed by atoms with Crippen molar-refractivity contribution >= 4 is 58.0 Å². The van der Waals surface area contributed by atoms with Gasteiger partial charge in [-0.3, -0.25) is 5.43 Å². The standard InChI is InChI=1S/C19H15Cl2N7O/c1-10-3-4-11(2)15(7-10)23-16-17(25-19-18(24-16)27-29-28-19)26-22-9-12-5-6-13(20)8-14(12)21/h3-9H,1-2H3,(H,23,24,27)(H,25,26,28)/b22-9+. The molecule has 2 N–H and O–H groups in total. The zero-order chi connectivity index (χ0) is 20.4. The normalized spacial score (nSPS) is 11.3. The molecule has 0 aliphatic heterocycles. The Bertz CT molecular complexity index is 1220. The monoisotopic (exact) mass is 427 g/mol. The molecule has 2 aromatic carbocycles. The summed E-state index contributed by atoms with van der Waals surface area (Å²) in [5.41, 5.74) is 7.18. The molecule has 0 saturated carbocycles. The molecule has 0 bridgehead atoms. The lowest BCUT2D eigenvalue weighted by molar-refractivity contribution is 0.314. The highest BCUT2D eigenvalue weighted by Crippen LogP contribution is 2.26. The first-order chi connectivity index (χ1) is 14.0. The van der Waals surface area contributed by atoms with Crippen LogP contribution in [0.15, 0.2) is 46.1 Å². The fraction of sp³-hybridized carbons (Fsp3) is 0.105. The number of halogens is 2. The second-order valence-electron chi connectivity index (χ2n) is 6.31.